The number of nitrogens with one attached hydrogen (secondary N) is 1. The monoisotopic (exact) mass is 431 g/mol. The Bertz CT molecular complexity index is 977. The minimum atomic E-state index is 0.398. The predicted molar refractivity (Wildman–Crippen MR) is 132 cm³/mol. The first-order valence-corrected chi connectivity index (χ1v) is 11.6. The molecule has 7 heteroatoms. The zero-order valence-electron chi connectivity index (χ0n) is 19.4. The van der Waals surface area contributed by atoms with Gasteiger partial charge in [-0.05, 0) is 54.9 Å². The van der Waals surface area contributed by atoms with Gasteiger partial charge in [-0.3, -0.25) is 4.98 Å². The third-order valence-electron chi connectivity index (χ3n) is 6.75. The summed E-state index contributed by atoms with van der Waals surface area (Å²) in [6.45, 7) is 15.4. The highest BCUT2D eigenvalue weighted by atomic mass is 16.5. The molecule has 2 aromatic rings. The Hall–Kier alpha value is -2.80. The summed E-state index contributed by atoms with van der Waals surface area (Å²) in [7, 11) is 2.09. The van der Waals surface area contributed by atoms with E-state index < -0.39 is 0 Å². The van der Waals surface area contributed by atoms with Crippen molar-refractivity contribution >= 4 is 19.1 Å². The minimum Gasteiger partial charge on any atom is -0.381 e. The van der Waals surface area contributed by atoms with Crippen molar-refractivity contribution in [2.75, 3.05) is 26.3 Å². The maximum atomic E-state index is 5.58. The van der Waals surface area contributed by atoms with E-state index in [-0.39, 0.29) is 0 Å². The lowest BCUT2D eigenvalue weighted by atomic mass is 9.89. The first-order valence-electron chi connectivity index (χ1n) is 11.6. The van der Waals surface area contributed by atoms with E-state index in [9.17, 15) is 0 Å². The molecule has 1 N–H and O–H groups in total. The zero-order chi connectivity index (χ0) is 22.5. The molecule has 0 aliphatic carbocycles. The number of piperidine rings is 1. The second kappa shape index (κ2) is 10.2. The van der Waals surface area contributed by atoms with Gasteiger partial charge in [0, 0.05) is 68.1 Å². The highest BCUT2D eigenvalue weighted by Gasteiger charge is 2.28. The van der Waals surface area contributed by atoms with Crippen LogP contribution in [-0.4, -0.2) is 53.8 Å². The van der Waals surface area contributed by atoms with Gasteiger partial charge in [0.2, 0.25) is 0 Å². The maximum absolute atomic E-state index is 5.58. The summed E-state index contributed by atoms with van der Waals surface area (Å²) < 4.78 is 7.56. The first kappa shape index (κ1) is 22.4. The molecule has 0 spiro atoms. The van der Waals surface area contributed by atoms with E-state index in [0.717, 1.165) is 68.2 Å². The van der Waals surface area contributed by atoms with Crippen LogP contribution in [0.1, 0.15) is 30.5 Å². The fourth-order valence-electron chi connectivity index (χ4n) is 4.51. The lowest BCUT2D eigenvalue weighted by Gasteiger charge is -2.37. The van der Waals surface area contributed by atoms with Crippen LogP contribution in [0.25, 0.3) is 5.82 Å². The number of allylic oxidation sites excluding steroid dienone is 1. The smallest absolute Gasteiger partial charge is 0.143 e. The predicted octanol–water partition coefficient (Wildman–Crippen LogP) is 2.25. The molecule has 0 radical (unpaired) electrons. The van der Waals surface area contributed by atoms with Crippen molar-refractivity contribution in [2.24, 2.45) is 11.8 Å². The van der Waals surface area contributed by atoms with Crippen LogP contribution in [0, 0.1) is 18.8 Å². The first-order chi connectivity index (χ1) is 15.5. The number of rotatable bonds is 8. The zero-order valence-corrected chi connectivity index (χ0v) is 19.4. The van der Waals surface area contributed by atoms with Crippen LogP contribution < -0.4 is 10.8 Å². The summed E-state index contributed by atoms with van der Waals surface area (Å²) >= 11 is 0. The number of ether oxygens (including phenoxy) is 1. The third kappa shape index (κ3) is 5.15. The standard InChI is InChI=1S/C25H34BN5O/c1-18(22-7-5-10-30(16-22)19(2)23-8-11-32-17-23)12-25(31-20(3)24(26)15-29-31)28-14-21-6-4-9-27-13-21/h4,6,9,12-13,15,22-23,28H,1-2,5,7-8,10-11,14,16-17,26H2,3H3/b25-12-. The topological polar surface area (TPSA) is 55.2 Å². The Morgan fingerprint density at radius 2 is 2.19 bits per heavy atom. The third-order valence-corrected chi connectivity index (χ3v) is 6.75. The van der Waals surface area contributed by atoms with Crippen molar-refractivity contribution in [3.63, 3.8) is 0 Å². The Labute approximate surface area is 192 Å². The molecule has 2 fully saturated rings. The number of hydrogen-bond acceptors (Lipinski definition) is 5. The summed E-state index contributed by atoms with van der Waals surface area (Å²) in [4.78, 5) is 6.68. The molecule has 0 aromatic carbocycles. The lowest BCUT2D eigenvalue weighted by Crippen LogP contribution is -2.37. The number of likely N-dealkylation sites (tertiary alicyclic amines) is 1. The average Bonchev–Trinajstić information content (AvgIpc) is 3.47. The highest BCUT2D eigenvalue weighted by Crippen LogP contribution is 2.30. The van der Waals surface area contributed by atoms with Gasteiger partial charge in [-0.1, -0.05) is 19.2 Å². The fraction of sp³-hybridized carbons (Fsp3) is 0.440. The van der Waals surface area contributed by atoms with Gasteiger partial charge in [0.15, 0.2) is 0 Å². The van der Waals surface area contributed by atoms with Crippen LogP contribution in [0.15, 0.2) is 61.2 Å². The highest BCUT2D eigenvalue weighted by molar-refractivity contribution is 6.33. The van der Waals surface area contributed by atoms with E-state index in [1.165, 1.54) is 11.2 Å². The maximum Gasteiger partial charge on any atom is 0.143 e. The van der Waals surface area contributed by atoms with Gasteiger partial charge < -0.3 is 15.0 Å². The molecule has 2 saturated heterocycles. The SMILES string of the molecule is Bc1cnn(/C(=C\C(=C)C2CCCN(C(=C)C3CCOC3)C2)NCc2cccnc2)c1C. The van der Waals surface area contributed by atoms with Crippen molar-refractivity contribution < 1.29 is 4.74 Å². The van der Waals surface area contributed by atoms with E-state index >= 15 is 0 Å². The summed E-state index contributed by atoms with van der Waals surface area (Å²) in [5.74, 6) is 1.81. The molecule has 168 valence electrons. The Morgan fingerprint density at radius 3 is 2.88 bits per heavy atom. The van der Waals surface area contributed by atoms with Gasteiger partial charge in [-0.25, -0.2) is 4.68 Å². The Kier molecular flexibility index (Phi) is 7.15. The van der Waals surface area contributed by atoms with Crippen LogP contribution in [-0.2, 0) is 11.3 Å². The van der Waals surface area contributed by atoms with Crippen LogP contribution in [0.4, 0.5) is 0 Å². The molecule has 2 unspecified atom stereocenters. The van der Waals surface area contributed by atoms with Crippen LogP contribution >= 0.6 is 0 Å². The summed E-state index contributed by atoms with van der Waals surface area (Å²) in [5.41, 5.74) is 5.79. The fourth-order valence-corrected chi connectivity index (χ4v) is 4.51. The van der Waals surface area contributed by atoms with Gasteiger partial charge in [0.05, 0.1) is 6.61 Å². The second-order valence-electron chi connectivity index (χ2n) is 8.98. The second-order valence-corrected chi connectivity index (χ2v) is 8.98. The molecule has 4 heterocycles. The van der Waals surface area contributed by atoms with Crippen LogP contribution in [0.2, 0.25) is 0 Å². The molecule has 0 saturated carbocycles. The largest absolute Gasteiger partial charge is 0.381 e. The normalized spacial score (nSPS) is 21.5. The molecule has 2 aromatic heterocycles. The molecular weight excluding hydrogens is 397 g/mol. The summed E-state index contributed by atoms with van der Waals surface area (Å²) in [5, 5.41) is 8.18. The minimum absolute atomic E-state index is 0.398. The van der Waals surface area contributed by atoms with Crippen molar-refractivity contribution in [3.05, 3.63) is 72.5 Å². The van der Waals surface area contributed by atoms with Crippen molar-refractivity contribution in [1.82, 2.24) is 25.0 Å². The molecule has 32 heavy (non-hydrogen) atoms. The molecule has 4 rings (SSSR count). The lowest BCUT2D eigenvalue weighted by molar-refractivity contribution is 0.174. The van der Waals surface area contributed by atoms with Gasteiger partial charge in [-0.15, -0.1) is 0 Å². The molecular formula is C25H34BN5O. The number of pyridine rings is 1. The van der Waals surface area contributed by atoms with E-state index in [4.69, 9.17) is 4.74 Å². The Balaban J connectivity index is 1.50. The van der Waals surface area contributed by atoms with Gasteiger partial charge in [-0.2, -0.15) is 5.10 Å². The number of aromatic nitrogens is 3. The molecule has 0 bridgehead atoms. The average molecular weight is 431 g/mol. The van der Waals surface area contributed by atoms with Crippen LogP contribution in [0.5, 0.6) is 0 Å². The van der Waals surface area contributed by atoms with Crippen molar-refractivity contribution in [1.29, 1.82) is 0 Å². The van der Waals surface area contributed by atoms with Crippen LogP contribution in [0.3, 0.4) is 0 Å². The summed E-state index contributed by atoms with van der Waals surface area (Å²) in [6, 6.07) is 4.03. The van der Waals surface area contributed by atoms with Crippen molar-refractivity contribution in [2.45, 2.75) is 32.7 Å². The van der Waals surface area contributed by atoms with Gasteiger partial charge in [0.25, 0.3) is 0 Å². The molecule has 2 aliphatic rings. The Morgan fingerprint density at radius 1 is 1.31 bits per heavy atom. The van der Waals surface area contributed by atoms with E-state index in [1.54, 1.807) is 6.20 Å². The van der Waals surface area contributed by atoms with E-state index in [0.29, 0.717) is 18.4 Å². The summed E-state index contributed by atoms with van der Waals surface area (Å²) in [6.07, 6.45) is 11.2. The van der Waals surface area contributed by atoms with E-state index in [1.807, 2.05) is 23.1 Å². The molecule has 2 aliphatic heterocycles. The van der Waals surface area contributed by atoms with E-state index in [2.05, 4.69) is 60.4 Å². The number of nitrogens with zero attached hydrogens (tertiary/aromatic N) is 4. The van der Waals surface area contributed by atoms with Gasteiger partial charge >= 0.3 is 0 Å². The molecule has 2 atom stereocenters. The molecule has 6 nitrogen and oxygen atoms in total. The van der Waals surface area contributed by atoms with Gasteiger partial charge in [0.1, 0.15) is 13.7 Å². The van der Waals surface area contributed by atoms with Crippen molar-refractivity contribution in [3.8, 4) is 0 Å². The number of hydrogen-bond donors (Lipinski definition) is 1. The molecule has 0 amide bonds. The quantitative estimate of drug-likeness (QED) is 0.514.